The number of pyridine rings is 2. The van der Waals surface area contributed by atoms with Gasteiger partial charge >= 0.3 is 6.18 Å². The molecule has 0 bridgehead atoms. The average Bonchev–Trinajstić information content (AvgIpc) is 2.94. The summed E-state index contributed by atoms with van der Waals surface area (Å²) in [5, 5.41) is 2.67. The van der Waals surface area contributed by atoms with Crippen molar-refractivity contribution in [2.75, 3.05) is 49.7 Å². The average molecular weight is 554 g/mol. The van der Waals surface area contributed by atoms with Crippen LogP contribution in [0.1, 0.15) is 34.5 Å². The number of rotatable bonds is 6. The molecule has 0 spiro atoms. The molecule has 1 N–H and O–H groups in total. The minimum atomic E-state index is -4.54. The SMILES string of the molecule is BC1(Oc2ncc(-c3cc(NC(=O)c4cccc(C(F)(F)F)c4)cnc3C)cc2N2CCOCC2)CCOCC1. The fourth-order valence-corrected chi connectivity index (χ4v) is 4.77. The molecule has 5 rings (SSSR count). The summed E-state index contributed by atoms with van der Waals surface area (Å²) >= 11 is 0. The molecular formula is C28H30BF3N4O4. The Morgan fingerprint density at radius 1 is 1.05 bits per heavy atom. The van der Waals surface area contributed by atoms with Crippen LogP contribution in [0.15, 0.2) is 48.8 Å². The van der Waals surface area contributed by atoms with E-state index >= 15 is 0 Å². The van der Waals surface area contributed by atoms with Crippen molar-refractivity contribution < 1.29 is 32.2 Å². The molecule has 8 nitrogen and oxygen atoms in total. The van der Waals surface area contributed by atoms with Crippen LogP contribution in [-0.2, 0) is 15.7 Å². The summed E-state index contributed by atoms with van der Waals surface area (Å²) in [5.74, 6) is -0.127. The van der Waals surface area contributed by atoms with Gasteiger partial charge in [0.05, 0.1) is 36.2 Å². The Balaban J connectivity index is 1.44. The van der Waals surface area contributed by atoms with Gasteiger partial charge in [-0.05, 0) is 37.3 Å². The number of morpholine rings is 1. The van der Waals surface area contributed by atoms with E-state index in [9.17, 15) is 18.0 Å². The monoisotopic (exact) mass is 554 g/mol. The third-order valence-electron chi connectivity index (χ3n) is 7.19. The molecule has 3 aromatic rings. The summed E-state index contributed by atoms with van der Waals surface area (Å²) in [6.07, 6.45) is 0.165. The highest BCUT2D eigenvalue weighted by Crippen LogP contribution is 2.36. The minimum Gasteiger partial charge on any atom is -0.479 e. The van der Waals surface area contributed by atoms with Crippen molar-refractivity contribution in [2.45, 2.75) is 31.4 Å². The van der Waals surface area contributed by atoms with Gasteiger partial charge in [0.15, 0.2) is 7.85 Å². The summed E-state index contributed by atoms with van der Waals surface area (Å²) in [4.78, 5) is 24.1. The fraction of sp³-hybridized carbons (Fsp3) is 0.393. The lowest BCUT2D eigenvalue weighted by Gasteiger charge is -2.36. The fourth-order valence-electron chi connectivity index (χ4n) is 4.77. The van der Waals surface area contributed by atoms with Crippen LogP contribution in [0.4, 0.5) is 24.5 Å². The number of nitrogens with zero attached hydrogens (tertiary/aromatic N) is 3. The number of anilines is 2. The highest BCUT2D eigenvalue weighted by Gasteiger charge is 2.32. The molecule has 210 valence electrons. The number of aryl methyl sites for hydroxylation is 1. The van der Waals surface area contributed by atoms with E-state index < -0.39 is 17.6 Å². The first-order valence-electron chi connectivity index (χ1n) is 13.2. The smallest absolute Gasteiger partial charge is 0.416 e. The van der Waals surface area contributed by atoms with Crippen molar-refractivity contribution in [1.82, 2.24) is 9.97 Å². The second-order valence-corrected chi connectivity index (χ2v) is 10.2. The van der Waals surface area contributed by atoms with Gasteiger partial charge in [0.1, 0.15) is 5.69 Å². The number of ether oxygens (including phenoxy) is 3. The Morgan fingerprint density at radius 3 is 2.50 bits per heavy atom. The largest absolute Gasteiger partial charge is 0.479 e. The highest BCUT2D eigenvalue weighted by molar-refractivity contribution is 6.14. The van der Waals surface area contributed by atoms with Gasteiger partial charge < -0.3 is 24.4 Å². The van der Waals surface area contributed by atoms with Crippen LogP contribution in [0.2, 0.25) is 0 Å². The second-order valence-electron chi connectivity index (χ2n) is 10.2. The number of nitrogens with one attached hydrogen (secondary N) is 1. The highest BCUT2D eigenvalue weighted by atomic mass is 19.4. The number of carbonyl (C=O) groups is 1. The zero-order valence-corrected chi connectivity index (χ0v) is 22.4. The molecule has 2 fully saturated rings. The number of carbonyl (C=O) groups excluding carboxylic acids is 1. The molecule has 12 heteroatoms. The molecule has 1 amide bonds. The van der Waals surface area contributed by atoms with Gasteiger partial charge in [0, 0.05) is 67.7 Å². The van der Waals surface area contributed by atoms with Gasteiger partial charge in [0.2, 0.25) is 5.88 Å². The Bertz CT molecular complexity index is 1380. The number of aromatic nitrogens is 2. The first-order valence-corrected chi connectivity index (χ1v) is 13.2. The van der Waals surface area contributed by atoms with E-state index in [-0.39, 0.29) is 11.1 Å². The van der Waals surface area contributed by atoms with Gasteiger partial charge in [-0.2, -0.15) is 13.2 Å². The number of hydrogen-bond donors (Lipinski definition) is 1. The molecule has 0 radical (unpaired) electrons. The number of halogens is 3. The van der Waals surface area contributed by atoms with Gasteiger partial charge in [-0.3, -0.25) is 9.78 Å². The van der Waals surface area contributed by atoms with E-state index in [1.165, 1.54) is 18.3 Å². The molecular weight excluding hydrogens is 524 g/mol. The normalized spacial score (nSPS) is 17.4. The van der Waals surface area contributed by atoms with Gasteiger partial charge in [0.25, 0.3) is 5.91 Å². The van der Waals surface area contributed by atoms with Crippen molar-refractivity contribution in [3.8, 4) is 17.0 Å². The lowest BCUT2D eigenvalue weighted by Crippen LogP contribution is -2.43. The molecule has 2 aliphatic rings. The maximum atomic E-state index is 13.1. The second kappa shape index (κ2) is 11.5. The van der Waals surface area contributed by atoms with Gasteiger partial charge in [-0.15, -0.1) is 0 Å². The van der Waals surface area contributed by atoms with Crippen molar-refractivity contribution in [3.63, 3.8) is 0 Å². The summed E-state index contributed by atoms with van der Waals surface area (Å²) in [6.45, 7) is 5.66. The first-order chi connectivity index (χ1) is 19.1. The topological polar surface area (TPSA) is 85.8 Å². The van der Waals surface area contributed by atoms with Crippen LogP contribution in [0, 0.1) is 6.92 Å². The minimum absolute atomic E-state index is 0.101. The predicted octanol–water partition coefficient (Wildman–Crippen LogP) is 4.08. The first kappa shape index (κ1) is 27.9. The molecule has 1 aromatic carbocycles. The number of amides is 1. The van der Waals surface area contributed by atoms with E-state index in [0.717, 1.165) is 41.8 Å². The van der Waals surface area contributed by atoms with Gasteiger partial charge in [-0.1, -0.05) is 6.07 Å². The zero-order chi connectivity index (χ0) is 28.3. The van der Waals surface area contributed by atoms with E-state index in [0.29, 0.717) is 56.8 Å². The van der Waals surface area contributed by atoms with E-state index in [1.54, 1.807) is 12.3 Å². The van der Waals surface area contributed by atoms with Crippen molar-refractivity contribution in [1.29, 1.82) is 0 Å². The predicted molar refractivity (Wildman–Crippen MR) is 147 cm³/mol. The maximum Gasteiger partial charge on any atom is 0.416 e. The molecule has 0 saturated carbocycles. The Labute approximate surface area is 231 Å². The van der Waals surface area contributed by atoms with E-state index in [4.69, 9.17) is 19.2 Å². The molecule has 0 atom stereocenters. The van der Waals surface area contributed by atoms with Crippen LogP contribution in [-0.4, -0.2) is 68.7 Å². The summed E-state index contributed by atoms with van der Waals surface area (Å²) in [7, 11) is 2.07. The molecule has 4 heterocycles. The van der Waals surface area contributed by atoms with Crippen molar-refractivity contribution in [3.05, 3.63) is 65.6 Å². The van der Waals surface area contributed by atoms with Crippen LogP contribution >= 0.6 is 0 Å². The van der Waals surface area contributed by atoms with E-state index in [2.05, 4.69) is 23.0 Å². The molecule has 2 aromatic heterocycles. The van der Waals surface area contributed by atoms with Crippen LogP contribution < -0.4 is 15.0 Å². The third-order valence-corrected chi connectivity index (χ3v) is 7.19. The summed E-state index contributed by atoms with van der Waals surface area (Å²) in [5.41, 5.74) is 2.02. The molecule has 0 unspecified atom stereocenters. The molecule has 40 heavy (non-hydrogen) atoms. The van der Waals surface area contributed by atoms with E-state index in [1.807, 2.05) is 13.0 Å². The standard InChI is InChI=1S/C28H30BF3N4O4/c1-18-23(15-22(17-33-18)35-25(37)19-3-2-4-21(13-19)28(30,31)32)20-14-24(36-7-11-39-12-8-36)26(34-16-20)40-27(29)5-9-38-10-6-27/h2-4,13-17H,5-12,29H2,1H3,(H,35,37). The van der Waals surface area contributed by atoms with Crippen LogP contribution in [0.5, 0.6) is 5.88 Å². The Hall–Kier alpha value is -3.64. The number of benzene rings is 1. The van der Waals surface area contributed by atoms with Crippen molar-refractivity contribution >= 4 is 25.1 Å². The van der Waals surface area contributed by atoms with Crippen LogP contribution in [0.3, 0.4) is 0 Å². The molecule has 2 saturated heterocycles. The summed E-state index contributed by atoms with van der Waals surface area (Å²) < 4.78 is 56.9. The summed E-state index contributed by atoms with van der Waals surface area (Å²) in [6, 6.07) is 8.04. The van der Waals surface area contributed by atoms with Crippen LogP contribution in [0.25, 0.3) is 11.1 Å². The maximum absolute atomic E-state index is 13.1. The number of alkyl halides is 3. The zero-order valence-electron chi connectivity index (χ0n) is 22.4. The number of hydrogen-bond acceptors (Lipinski definition) is 7. The Kier molecular flexibility index (Phi) is 8.00. The van der Waals surface area contributed by atoms with Gasteiger partial charge in [-0.25, -0.2) is 4.98 Å². The third kappa shape index (κ3) is 6.39. The quantitative estimate of drug-likeness (QED) is 0.460. The molecule has 2 aliphatic heterocycles. The molecule has 0 aliphatic carbocycles. The lowest BCUT2D eigenvalue weighted by atomic mass is 9.75. The lowest BCUT2D eigenvalue weighted by molar-refractivity contribution is -0.137. The van der Waals surface area contributed by atoms with Crippen molar-refractivity contribution in [2.24, 2.45) is 0 Å². The Morgan fingerprint density at radius 2 is 1.77 bits per heavy atom.